The molecule has 1 heterocycles. The highest BCUT2D eigenvalue weighted by Crippen LogP contribution is 2.31. The zero-order valence-electron chi connectivity index (χ0n) is 13.9. The Morgan fingerprint density at radius 2 is 2.00 bits per heavy atom. The van der Waals surface area contributed by atoms with E-state index < -0.39 is 12.0 Å². The molecule has 1 aliphatic heterocycles. The van der Waals surface area contributed by atoms with Gasteiger partial charge in [-0.15, -0.1) is 0 Å². The third-order valence-corrected chi connectivity index (χ3v) is 4.55. The van der Waals surface area contributed by atoms with Gasteiger partial charge in [0.1, 0.15) is 5.82 Å². The van der Waals surface area contributed by atoms with Crippen LogP contribution < -0.4 is 10.6 Å². The molecule has 1 saturated heterocycles. The Morgan fingerprint density at radius 1 is 1.28 bits per heavy atom. The Morgan fingerprint density at radius 3 is 2.64 bits per heavy atom. The van der Waals surface area contributed by atoms with E-state index in [1.54, 1.807) is 12.1 Å². The molecule has 3 N–H and O–H groups in total. The molecule has 138 valence electrons. The van der Waals surface area contributed by atoms with Crippen molar-refractivity contribution < 1.29 is 19.1 Å². The standard InChI is InChI=1S/C17H23ClFN3O3/c18-12-5-3-6-13(19)16(12)14(22-9-1-2-10-22)11-21-17(25)20-8-4-7-15(23)24/h3,5-6,14H,1-2,4,7-11H2,(H,23,24)(H2,20,21,25). The van der Waals surface area contributed by atoms with Gasteiger partial charge in [-0.05, 0) is 44.5 Å². The second-order valence-electron chi connectivity index (χ2n) is 6.03. The Hall–Kier alpha value is -1.86. The fourth-order valence-electron chi connectivity index (χ4n) is 2.99. The number of carbonyl (C=O) groups excluding carboxylic acids is 1. The molecule has 1 unspecified atom stereocenters. The van der Waals surface area contributed by atoms with Crippen LogP contribution in [-0.2, 0) is 4.79 Å². The van der Waals surface area contributed by atoms with Crippen molar-refractivity contribution in [1.29, 1.82) is 0 Å². The summed E-state index contributed by atoms with van der Waals surface area (Å²) in [5.74, 6) is -1.28. The number of amides is 2. The van der Waals surface area contributed by atoms with Crippen molar-refractivity contribution in [2.75, 3.05) is 26.2 Å². The predicted molar refractivity (Wildman–Crippen MR) is 93.2 cm³/mol. The maximum atomic E-state index is 14.3. The molecule has 1 fully saturated rings. The molecule has 0 spiro atoms. The minimum Gasteiger partial charge on any atom is -0.481 e. The summed E-state index contributed by atoms with van der Waals surface area (Å²) < 4.78 is 14.3. The quantitative estimate of drug-likeness (QED) is 0.614. The molecule has 0 bridgehead atoms. The van der Waals surface area contributed by atoms with E-state index in [2.05, 4.69) is 15.5 Å². The highest BCUT2D eigenvalue weighted by molar-refractivity contribution is 6.31. The lowest BCUT2D eigenvalue weighted by Gasteiger charge is -2.29. The average Bonchev–Trinajstić information content (AvgIpc) is 3.08. The van der Waals surface area contributed by atoms with Crippen LogP contribution in [0.1, 0.15) is 37.3 Å². The van der Waals surface area contributed by atoms with Gasteiger partial charge >= 0.3 is 12.0 Å². The summed E-state index contributed by atoms with van der Waals surface area (Å²) >= 11 is 6.20. The Kier molecular flexibility index (Phi) is 7.46. The summed E-state index contributed by atoms with van der Waals surface area (Å²) in [5, 5.41) is 14.3. The molecule has 8 heteroatoms. The largest absolute Gasteiger partial charge is 0.481 e. The van der Waals surface area contributed by atoms with E-state index in [4.69, 9.17) is 16.7 Å². The lowest BCUT2D eigenvalue weighted by atomic mass is 10.0. The Bertz CT molecular complexity index is 589. The minimum absolute atomic E-state index is 0.00151. The third kappa shape index (κ3) is 5.86. The lowest BCUT2D eigenvalue weighted by Crippen LogP contribution is -2.42. The van der Waals surface area contributed by atoms with Crippen LogP contribution >= 0.6 is 11.6 Å². The molecule has 0 aliphatic carbocycles. The zero-order valence-corrected chi connectivity index (χ0v) is 14.7. The molecule has 2 rings (SSSR count). The fraction of sp³-hybridized carbons (Fsp3) is 0.529. The molecule has 25 heavy (non-hydrogen) atoms. The number of carbonyl (C=O) groups is 2. The fourth-order valence-corrected chi connectivity index (χ4v) is 3.28. The second kappa shape index (κ2) is 9.58. The van der Waals surface area contributed by atoms with Crippen LogP contribution in [0.25, 0.3) is 0 Å². The van der Waals surface area contributed by atoms with E-state index >= 15 is 0 Å². The number of hydrogen-bond donors (Lipinski definition) is 3. The van der Waals surface area contributed by atoms with E-state index in [-0.39, 0.29) is 31.4 Å². The van der Waals surface area contributed by atoms with E-state index in [1.807, 2.05) is 0 Å². The van der Waals surface area contributed by atoms with Crippen LogP contribution in [0.3, 0.4) is 0 Å². The van der Waals surface area contributed by atoms with E-state index in [1.165, 1.54) is 6.07 Å². The first-order valence-corrected chi connectivity index (χ1v) is 8.78. The van der Waals surface area contributed by atoms with Gasteiger partial charge in [-0.3, -0.25) is 9.69 Å². The summed E-state index contributed by atoms with van der Waals surface area (Å²) in [4.78, 5) is 24.5. The van der Waals surface area contributed by atoms with E-state index in [9.17, 15) is 14.0 Å². The van der Waals surface area contributed by atoms with Crippen molar-refractivity contribution in [3.8, 4) is 0 Å². The van der Waals surface area contributed by atoms with Gasteiger partial charge < -0.3 is 15.7 Å². The van der Waals surface area contributed by atoms with Crippen molar-refractivity contribution >= 4 is 23.6 Å². The zero-order chi connectivity index (χ0) is 18.2. The molecule has 0 radical (unpaired) electrons. The Labute approximate surface area is 151 Å². The van der Waals surface area contributed by atoms with Crippen molar-refractivity contribution in [2.24, 2.45) is 0 Å². The molecule has 0 aromatic heterocycles. The van der Waals surface area contributed by atoms with Crippen LogP contribution in [0.5, 0.6) is 0 Å². The average molecular weight is 372 g/mol. The first-order chi connectivity index (χ1) is 12.0. The van der Waals surface area contributed by atoms with E-state index in [0.29, 0.717) is 17.0 Å². The molecule has 1 aromatic rings. The molecule has 1 aliphatic rings. The molecular weight excluding hydrogens is 349 g/mol. The number of aliphatic carboxylic acids is 1. The van der Waals surface area contributed by atoms with Gasteiger partial charge in [0.05, 0.1) is 6.04 Å². The first-order valence-electron chi connectivity index (χ1n) is 8.40. The van der Waals surface area contributed by atoms with Gasteiger partial charge in [0.2, 0.25) is 0 Å². The van der Waals surface area contributed by atoms with E-state index in [0.717, 1.165) is 25.9 Å². The molecule has 2 amide bonds. The van der Waals surface area contributed by atoms with Crippen molar-refractivity contribution in [3.05, 3.63) is 34.6 Å². The topological polar surface area (TPSA) is 81.7 Å². The summed E-state index contributed by atoms with van der Waals surface area (Å²) in [5.41, 5.74) is 0.400. The molecule has 1 aromatic carbocycles. The van der Waals surface area contributed by atoms with Crippen LogP contribution in [0, 0.1) is 5.82 Å². The van der Waals surface area contributed by atoms with Gasteiger partial charge in [-0.25, -0.2) is 9.18 Å². The smallest absolute Gasteiger partial charge is 0.314 e. The third-order valence-electron chi connectivity index (χ3n) is 4.22. The number of carboxylic acids is 1. The highest BCUT2D eigenvalue weighted by atomic mass is 35.5. The normalized spacial score (nSPS) is 15.8. The van der Waals surface area contributed by atoms with Gasteiger partial charge in [-0.2, -0.15) is 0 Å². The monoisotopic (exact) mass is 371 g/mol. The first kappa shape index (κ1) is 19.5. The van der Waals surface area contributed by atoms with Crippen LogP contribution in [0.4, 0.5) is 9.18 Å². The maximum absolute atomic E-state index is 14.3. The van der Waals surface area contributed by atoms with Crippen molar-refractivity contribution in [3.63, 3.8) is 0 Å². The lowest BCUT2D eigenvalue weighted by molar-refractivity contribution is -0.137. The SMILES string of the molecule is O=C(O)CCCNC(=O)NCC(c1c(F)cccc1Cl)N1CCCC1. The van der Waals surface area contributed by atoms with Gasteiger partial charge in [0, 0.05) is 30.1 Å². The summed E-state index contributed by atoms with van der Waals surface area (Å²) in [6.45, 7) is 2.16. The second-order valence-corrected chi connectivity index (χ2v) is 6.44. The van der Waals surface area contributed by atoms with Crippen molar-refractivity contribution in [1.82, 2.24) is 15.5 Å². The number of hydrogen-bond acceptors (Lipinski definition) is 3. The number of rotatable bonds is 8. The van der Waals surface area contributed by atoms with Crippen LogP contribution in [-0.4, -0.2) is 48.2 Å². The number of carboxylic acid groups (broad SMARTS) is 1. The van der Waals surface area contributed by atoms with Gasteiger partial charge in [0.15, 0.2) is 0 Å². The van der Waals surface area contributed by atoms with Gasteiger partial charge in [0.25, 0.3) is 0 Å². The summed E-state index contributed by atoms with van der Waals surface area (Å²) in [6, 6.07) is 3.85. The molecule has 1 atom stereocenters. The minimum atomic E-state index is -0.898. The number of nitrogens with zero attached hydrogens (tertiary/aromatic N) is 1. The number of nitrogens with one attached hydrogen (secondary N) is 2. The number of likely N-dealkylation sites (tertiary alicyclic amines) is 1. The Balaban J connectivity index is 1.95. The highest BCUT2D eigenvalue weighted by Gasteiger charge is 2.28. The van der Waals surface area contributed by atoms with Gasteiger partial charge in [-0.1, -0.05) is 17.7 Å². The number of benzene rings is 1. The number of urea groups is 1. The summed E-state index contributed by atoms with van der Waals surface area (Å²) in [6.07, 6.45) is 2.42. The molecular formula is C17H23ClFN3O3. The predicted octanol–water partition coefficient (Wildman–Crippen LogP) is 2.78. The van der Waals surface area contributed by atoms with Crippen LogP contribution in [0.2, 0.25) is 5.02 Å². The van der Waals surface area contributed by atoms with Crippen molar-refractivity contribution in [2.45, 2.75) is 31.7 Å². The maximum Gasteiger partial charge on any atom is 0.314 e. The van der Waals surface area contributed by atoms with Crippen LogP contribution in [0.15, 0.2) is 18.2 Å². The molecule has 0 saturated carbocycles. The molecule has 6 nitrogen and oxygen atoms in total. The summed E-state index contributed by atoms with van der Waals surface area (Å²) in [7, 11) is 0. The number of halogens is 2.